The second-order valence-corrected chi connectivity index (χ2v) is 3.13. The molecule has 1 heterocycles. The van der Waals surface area contributed by atoms with Gasteiger partial charge in [-0.15, -0.1) is 0 Å². The smallest absolute Gasteiger partial charge is 0.258 e. The summed E-state index contributed by atoms with van der Waals surface area (Å²) in [5, 5.41) is 11.5. The SMILES string of the molecule is C[n+]1cc([N+](=O)[O-])cc2ccccc21. The predicted molar refractivity (Wildman–Crippen MR) is 51.8 cm³/mol. The van der Waals surface area contributed by atoms with Crippen LogP contribution in [0.15, 0.2) is 36.5 Å². The standard InChI is InChI=1S/C10H9N2O2/c1-11-7-9(12(13)14)6-8-4-2-3-5-10(8)11/h2-7H,1H3/q+1. The average Bonchev–Trinajstić information content (AvgIpc) is 2.17. The van der Waals surface area contributed by atoms with Gasteiger partial charge in [0, 0.05) is 12.1 Å². The van der Waals surface area contributed by atoms with Crippen LogP contribution in [0.5, 0.6) is 0 Å². The molecular weight excluding hydrogens is 180 g/mol. The molecule has 4 heteroatoms. The number of pyridine rings is 1. The van der Waals surface area contributed by atoms with E-state index in [0.717, 1.165) is 10.9 Å². The van der Waals surface area contributed by atoms with Crippen molar-refractivity contribution in [3.05, 3.63) is 46.6 Å². The Morgan fingerprint density at radius 2 is 2.07 bits per heavy atom. The molecule has 0 saturated carbocycles. The van der Waals surface area contributed by atoms with Crippen LogP contribution in [0.3, 0.4) is 0 Å². The monoisotopic (exact) mass is 189 g/mol. The largest absolute Gasteiger partial charge is 0.333 e. The van der Waals surface area contributed by atoms with Crippen LogP contribution < -0.4 is 4.57 Å². The van der Waals surface area contributed by atoms with Gasteiger partial charge in [0.25, 0.3) is 0 Å². The first kappa shape index (κ1) is 8.62. The van der Waals surface area contributed by atoms with Crippen LogP contribution in [0.2, 0.25) is 0 Å². The molecule has 0 aliphatic heterocycles. The van der Waals surface area contributed by atoms with Gasteiger partial charge in [-0.1, -0.05) is 12.1 Å². The number of aromatic nitrogens is 1. The van der Waals surface area contributed by atoms with E-state index >= 15 is 0 Å². The maximum atomic E-state index is 10.6. The summed E-state index contributed by atoms with van der Waals surface area (Å²) in [6, 6.07) is 9.15. The van der Waals surface area contributed by atoms with E-state index in [0.29, 0.717) is 0 Å². The summed E-state index contributed by atoms with van der Waals surface area (Å²) >= 11 is 0. The molecule has 0 aliphatic carbocycles. The fourth-order valence-corrected chi connectivity index (χ4v) is 1.50. The third kappa shape index (κ3) is 1.31. The lowest BCUT2D eigenvalue weighted by Gasteiger charge is -1.95. The number of aryl methyl sites for hydroxylation is 1. The zero-order chi connectivity index (χ0) is 10.1. The van der Waals surface area contributed by atoms with E-state index in [9.17, 15) is 10.1 Å². The zero-order valence-electron chi connectivity index (χ0n) is 7.68. The van der Waals surface area contributed by atoms with Gasteiger partial charge in [-0.3, -0.25) is 10.1 Å². The molecule has 1 aromatic carbocycles. The summed E-state index contributed by atoms with van der Waals surface area (Å²) in [6.45, 7) is 0. The van der Waals surface area contributed by atoms with E-state index < -0.39 is 0 Å². The van der Waals surface area contributed by atoms with Gasteiger partial charge in [-0.05, 0) is 6.07 Å². The van der Waals surface area contributed by atoms with Gasteiger partial charge in [0.15, 0.2) is 0 Å². The Morgan fingerprint density at radius 3 is 2.79 bits per heavy atom. The number of nitrogens with zero attached hydrogens (tertiary/aromatic N) is 2. The van der Waals surface area contributed by atoms with E-state index in [2.05, 4.69) is 0 Å². The van der Waals surface area contributed by atoms with E-state index in [-0.39, 0.29) is 10.6 Å². The van der Waals surface area contributed by atoms with Crippen molar-refractivity contribution in [2.45, 2.75) is 0 Å². The molecule has 0 bridgehead atoms. The van der Waals surface area contributed by atoms with Crippen LogP contribution in [0.25, 0.3) is 10.9 Å². The summed E-state index contributed by atoms with van der Waals surface area (Å²) in [7, 11) is 1.80. The van der Waals surface area contributed by atoms with Crippen LogP contribution in [-0.2, 0) is 7.05 Å². The summed E-state index contributed by atoms with van der Waals surface area (Å²) in [4.78, 5) is 10.2. The zero-order valence-corrected chi connectivity index (χ0v) is 7.68. The van der Waals surface area contributed by atoms with Crippen LogP contribution in [0.4, 0.5) is 5.69 Å². The molecule has 0 N–H and O–H groups in total. The van der Waals surface area contributed by atoms with Gasteiger partial charge in [-0.25, -0.2) is 0 Å². The first-order valence-corrected chi connectivity index (χ1v) is 4.21. The van der Waals surface area contributed by atoms with Crippen LogP contribution in [0.1, 0.15) is 0 Å². The van der Waals surface area contributed by atoms with Crippen molar-refractivity contribution in [3.63, 3.8) is 0 Å². The molecule has 0 radical (unpaired) electrons. The number of rotatable bonds is 1. The van der Waals surface area contributed by atoms with E-state index in [1.807, 2.05) is 24.3 Å². The van der Waals surface area contributed by atoms with Crippen molar-refractivity contribution in [1.29, 1.82) is 0 Å². The molecule has 2 aromatic rings. The fraction of sp³-hybridized carbons (Fsp3) is 0.100. The number of nitro groups is 1. The van der Waals surface area contributed by atoms with Gasteiger partial charge in [0.1, 0.15) is 7.05 Å². The summed E-state index contributed by atoms with van der Waals surface area (Å²) in [5.41, 5.74) is 1.10. The lowest BCUT2D eigenvalue weighted by Crippen LogP contribution is -2.28. The van der Waals surface area contributed by atoms with Crippen molar-refractivity contribution in [2.24, 2.45) is 7.05 Å². The molecule has 1 aromatic heterocycles. The van der Waals surface area contributed by atoms with Gasteiger partial charge in [0.05, 0.1) is 10.3 Å². The molecule has 0 amide bonds. The molecule has 0 fully saturated rings. The van der Waals surface area contributed by atoms with Gasteiger partial charge in [0.2, 0.25) is 11.7 Å². The lowest BCUT2D eigenvalue weighted by atomic mass is 10.2. The lowest BCUT2D eigenvalue weighted by molar-refractivity contribution is -0.648. The number of hydrogen-bond donors (Lipinski definition) is 0. The summed E-state index contributed by atoms with van der Waals surface area (Å²) in [6.07, 6.45) is 1.52. The Labute approximate surface area is 80.6 Å². The minimum absolute atomic E-state index is 0.117. The Kier molecular flexibility index (Phi) is 1.89. The second-order valence-electron chi connectivity index (χ2n) is 3.13. The maximum Gasteiger partial charge on any atom is 0.333 e. The molecular formula is C10H9N2O2+. The van der Waals surface area contributed by atoms with Crippen LogP contribution in [-0.4, -0.2) is 4.92 Å². The molecule has 0 saturated heterocycles. The Morgan fingerprint density at radius 1 is 1.36 bits per heavy atom. The number of benzene rings is 1. The molecule has 2 rings (SSSR count). The van der Waals surface area contributed by atoms with E-state index in [1.54, 1.807) is 17.7 Å². The molecule has 70 valence electrons. The minimum atomic E-state index is -0.383. The van der Waals surface area contributed by atoms with Crippen LogP contribution >= 0.6 is 0 Å². The number of fused-ring (bicyclic) bond motifs is 1. The Bertz CT molecular complexity index is 508. The number of para-hydroxylation sites is 1. The van der Waals surface area contributed by atoms with Crippen molar-refractivity contribution in [1.82, 2.24) is 0 Å². The molecule has 0 aliphatic rings. The normalized spacial score (nSPS) is 10.4. The summed E-state index contributed by atoms with van der Waals surface area (Å²) < 4.78 is 1.76. The highest BCUT2D eigenvalue weighted by Gasteiger charge is 2.14. The number of hydrogen-bond acceptors (Lipinski definition) is 2. The highest BCUT2D eigenvalue weighted by Crippen LogP contribution is 2.15. The quantitative estimate of drug-likeness (QED) is 0.388. The topological polar surface area (TPSA) is 47.0 Å². The highest BCUT2D eigenvalue weighted by atomic mass is 16.6. The Balaban J connectivity index is 2.78. The highest BCUT2D eigenvalue weighted by molar-refractivity contribution is 5.77. The van der Waals surface area contributed by atoms with Crippen molar-refractivity contribution in [2.75, 3.05) is 0 Å². The fourth-order valence-electron chi connectivity index (χ4n) is 1.50. The van der Waals surface area contributed by atoms with Gasteiger partial charge in [-0.2, -0.15) is 4.57 Å². The minimum Gasteiger partial charge on any atom is -0.258 e. The molecule has 0 unspecified atom stereocenters. The Hall–Kier alpha value is -1.97. The average molecular weight is 189 g/mol. The van der Waals surface area contributed by atoms with Crippen molar-refractivity contribution >= 4 is 16.6 Å². The maximum absolute atomic E-state index is 10.6. The predicted octanol–water partition coefficient (Wildman–Crippen LogP) is 1.57. The third-order valence-corrected chi connectivity index (χ3v) is 2.16. The first-order chi connectivity index (χ1) is 6.68. The molecule has 4 nitrogen and oxygen atoms in total. The first-order valence-electron chi connectivity index (χ1n) is 4.21. The van der Waals surface area contributed by atoms with Crippen molar-refractivity contribution < 1.29 is 9.49 Å². The molecule has 0 spiro atoms. The van der Waals surface area contributed by atoms with Gasteiger partial charge < -0.3 is 0 Å². The van der Waals surface area contributed by atoms with Crippen LogP contribution in [0, 0.1) is 10.1 Å². The van der Waals surface area contributed by atoms with Crippen molar-refractivity contribution in [3.8, 4) is 0 Å². The molecule has 14 heavy (non-hydrogen) atoms. The van der Waals surface area contributed by atoms with E-state index in [4.69, 9.17) is 0 Å². The second kappa shape index (κ2) is 3.06. The van der Waals surface area contributed by atoms with E-state index in [1.165, 1.54) is 6.20 Å². The third-order valence-electron chi connectivity index (χ3n) is 2.16. The summed E-state index contributed by atoms with van der Waals surface area (Å²) in [5.74, 6) is 0. The molecule has 0 atom stereocenters. The van der Waals surface area contributed by atoms with Gasteiger partial charge >= 0.3 is 5.69 Å².